The molecule has 0 unspecified atom stereocenters. The van der Waals surface area contributed by atoms with Gasteiger partial charge in [0.25, 0.3) is 5.91 Å². The Morgan fingerprint density at radius 3 is 2.38 bits per heavy atom. The average molecular weight is 657 g/mol. The lowest BCUT2D eigenvalue weighted by Crippen LogP contribution is -2.51. The van der Waals surface area contributed by atoms with Crippen LogP contribution in [-0.4, -0.2) is 58.5 Å². The van der Waals surface area contributed by atoms with Gasteiger partial charge in [0.15, 0.2) is 5.60 Å². The van der Waals surface area contributed by atoms with Crippen LogP contribution in [0.4, 0.5) is 11.4 Å². The summed E-state index contributed by atoms with van der Waals surface area (Å²) in [5, 5.41) is 11.5. The topological polar surface area (TPSA) is 88.5 Å². The predicted molar refractivity (Wildman–Crippen MR) is 187 cm³/mol. The van der Waals surface area contributed by atoms with E-state index in [0.717, 1.165) is 53.9 Å². The van der Waals surface area contributed by atoms with Crippen LogP contribution in [-0.2, 0) is 26.5 Å². The summed E-state index contributed by atoms with van der Waals surface area (Å²) in [6.45, 7) is 7.86. The van der Waals surface area contributed by atoms with Gasteiger partial charge in [-0.1, -0.05) is 62.3 Å². The number of amides is 2. The first-order valence-corrected chi connectivity index (χ1v) is 20.1. The molecule has 3 heterocycles. The first kappa shape index (κ1) is 33.2. The van der Waals surface area contributed by atoms with Crippen LogP contribution in [0, 0.1) is 5.92 Å². The monoisotopic (exact) mass is 656 g/mol. The zero-order chi connectivity index (χ0) is 33.3. The van der Waals surface area contributed by atoms with E-state index in [1.165, 1.54) is 5.19 Å². The zero-order valence-corrected chi connectivity index (χ0v) is 29.3. The van der Waals surface area contributed by atoms with E-state index < -0.39 is 13.7 Å². The Balaban J connectivity index is 1.38. The number of anilines is 2. The van der Waals surface area contributed by atoms with Crippen molar-refractivity contribution in [1.29, 1.82) is 0 Å². The number of fused-ring (bicyclic) bond motifs is 2. The van der Waals surface area contributed by atoms with E-state index in [0.29, 0.717) is 31.7 Å². The molecule has 0 saturated carbocycles. The molecule has 0 aliphatic carbocycles. The fourth-order valence-electron chi connectivity index (χ4n) is 8.41. The molecule has 2 amide bonds. The number of rotatable bonds is 9. The number of nitrogens with zero attached hydrogens (tertiary/aromatic N) is 2. The van der Waals surface area contributed by atoms with E-state index in [1.807, 2.05) is 58.3 Å². The second-order valence-electron chi connectivity index (χ2n) is 13.8. The van der Waals surface area contributed by atoms with Crippen molar-refractivity contribution < 1.29 is 28.9 Å². The SMILES string of the molecule is COc1ccc([Si](C)(C)[C@H]2[C@H](CCO)O[C@@]3(C(=O)N(Cc4cccc(N5CCCCCCC5=O)c4)c4ccc(OC)cc43)[C@@H]2C)cc1. The maximum Gasteiger partial charge on any atom is 0.264 e. The largest absolute Gasteiger partial charge is 0.497 e. The second kappa shape index (κ2) is 13.5. The number of benzene rings is 3. The lowest BCUT2D eigenvalue weighted by molar-refractivity contribution is -0.146. The van der Waals surface area contributed by atoms with E-state index in [4.69, 9.17) is 14.2 Å². The Morgan fingerprint density at radius 1 is 0.936 bits per heavy atom. The van der Waals surface area contributed by atoms with Crippen LogP contribution < -0.4 is 24.5 Å². The van der Waals surface area contributed by atoms with Crippen LogP contribution in [0.1, 0.15) is 56.6 Å². The van der Waals surface area contributed by atoms with Gasteiger partial charge in [-0.2, -0.15) is 0 Å². The molecular weight excluding hydrogens is 609 g/mol. The predicted octanol–water partition coefficient (Wildman–Crippen LogP) is 6.15. The van der Waals surface area contributed by atoms with Crippen molar-refractivity contribution in [2.24, 2.45) is 5.92 Å². The van der Waals surface area contributed by atoms with Crippen molar-refractivity contribution in [3.8, 4) is 11.5 Å². The molecule has 8 nitrogen and oxygen atoms in total. The molecule has 250 valence electrons. The standard InChI is InChI=1S/C38H48N2O6Si/c1-26-36(47(4,5)31-17-14-29(44-2)15-18-31)34(20-22-41)46-38(26)32-24-30(45-3)16-19-33(32)40(37(38)43)25-27-11-10-12-28(23-27)39-21-9-7-6-8-13-35(39)42/h10-12,14-19,23-24,26,34,36,41H,6-9,13,20-22,25H2,1-5H3/t26-,34+,36-,38+/m1/s1. The molecule has 4 atom stereocenters. The maximum absolute atomic E-state index is 15.0. The summed E-state index contributed by atoms with van der Waals surface area (Å²) in [7, 11) is 1.02. The molecule has 0 radical (unpaired) electrons. The van der Waals surface area contributed by atoms with Crippen LogP contribution in [0.3, 0.4) is 0 Å². The average Bonchev–Trinajstić information content (AvgIpc) is 3.49. The van der Waals surface area contributed by atoms with Gasteiger partial charge < -0.3 is 29.1 Å². The van der Waals surface area contributed by atoms with Gasteiger partial charge in [-0.05, 0) is 72.8 Å². The molecule has 1 N–H and O–H groups in total. The number of carbonyl (C=O) groups is 2. The fraction of sp³-hybridized carbons (Fsp3) is 0.474. The van der Waals surface area contributed by atoms with Crippen molar-refractivity contribution in [3.05, 3.63) is 77.9 Å². The van der Waals surface area contributed by atoms with Gasteiger partial charge in [-0.3, -0.25) is 9.59 Å². The first-order chi connectivity index (χ1) is 22.6. The molecule has 0 aromatic heterocycles. The Labute approximate surface area is 279 Å². The minimum atomic E-state index is -2.28. The lowest BCUT2D eigenvalue weighted by Gasteiger charge is -2.37. The minimum absolute atomic E-state index is 0.0258. The molecule has 3 aliphatic heterocycles. The number of aliphatic hydroxyl groups excluding tert-OH is 1. The highest BCUT2D eigenvalue weighted by Gasteiger charge is 2.66. The smallest absolute Gasteiger partial charge is 0.264 e. The van der Waals surface area contributed by atoms with Crippen molar-refractivity contribution in [1.82, 2.24) is 0 Å². The molecule has 1 spiro atoms. The molecule has 9 heteroatoms. The number of carbonyl (C=O) groups excluding carboxylic acids is 2. The molecule has 6 rings (SSSR count). The Bertz CT molecular complexity index is 1610. The van der Waals surface area contributed by atoms with Gasteiger partial charge >= 0.3 is 0 Å². The maximum atomic E-state index is 15.0. The summed E-state index contributed by atoms with van der Waals surface area (Å²) in [6.07, 6.45) is 4.85. The number of hydrogen-bond acceptors (Lipinski definition) is 6. The van der Waals surface area contributed by atoms with Gasteiger partial charge in [-0.25, -0.2) is 0 Å². The minimum Gasteiger partial charge on any atom is -0.497 e. The summed E-state index contributed by atoms with van der Waals surface area (Å²) in [5.41, 5.74) is 2.28. The molecule has 0 bridgehead atoms. The van der Waals surface area contributed by atoms with E-state index in [9.17, 15) is 14.7 Å². The summed E-state index contributed by atoms with van der Waals surface area (Å²) >= 11 is 0. The summed E-state index contributed by atoms with van der Waals surface area (Å²) in [6, 6.07) is 22.1. The molecule has 3 aliphatic rings. The Morgan fingerprint density at radius 2 is 1.66 bits per heavy atom. The highest BCUT2D eigenvalue weighted by atomic mass is 28.3. The van der Waals surface area contributed by atoms with Crippen LogP contribution in [0.25, 0.3) is 0 Å². The highest BCUT2D eigenvalue weighted by Crippen LogP contribution is 2.60. The second-order valence-corrected chi connectivity index (χ2v) is 18.5. The van der Waals surface area contributed by atoms with Gasteiger partial charge in [0, 0.05) is 36.7 Å². The van der Waals surface area contributed by atoms with Crippen LogP contribution in [0.2, 0.25) is 18.6 Å². The van der Waals surface area contributed by atoms with Crippen LogP contribution >= 0.6 is 0 Å². The Hall–Kier alpha value is -3.66. The summed E-state index contributed by atoms with van der Waals surface area (Å²) < 4.78 is 18.1. The van der Waals surface area contributed by atoms with E-state index in [1.54, 1.807) is 14.2 Å². The number of ether oxygens (including phenoxy) is 3. The zero-order valence-electron chi connectivity index (χ0n) is 28.3. The van der Waals surface area contributed by atoms with Crippen molar-refractivity contribution in [3.63, 3.8) is 0 Å². The van der Waals surface area contributed by atoms with Gasteiger partial charge in [0.2, 0.25) is 5.91 Å². The first-order valence-electron chi connectivity index (χ1n) is 17.0. The third-order valence-electron chi connectivity index (χ3n) is 10.8. The van der Waals surface area contributed by atoms with Crippen molar-refractivity contribution in [2.45, 2.75) is 82.3 Å². The fourth-order valence-corrected chi connectivity index (χ4v) is 12.5. The van der Waals surface area contributed by atoms with Gasteiger partial charge in [0.1, 0.15) is 11.5 Å². The van der Waals surface area contributed by atoms with E-state index in [2.05, 4.69) is 38.2 Å². The van der Waals surface area contributed by atoms with Crippen LogP contribution in [0.15, 0.2) is 66.7 Å². The number of hydrogen-bond donors (Lipinski definition) is 1. The third-order valence-corrected chi connectivity index (χ3v) is 15.2. The normalized spacial score (nSPS) is 24.8. The van der Waals surface area contributed by atoms with E-state index in [-0.39, 0.29) is 36.0 Å². The van der Waals surface area contributed by atoms with Crippen molar-refractivity contribution >= 4 is 36.4 Å². The molecule has 2 saturated heterocycles. The molecular formula is C38H48N2O6Si. The quantitative estimate of drug-likeness (QED) is 0.278. The molecule has 3 aromatic carbocycles. The van der Waals surface area contributed by atoms with Gasteiger partial charge in [0.05, 0.1) is 40.6 Å². The molecule has 3 aromatic rings. The Kier molecular flexibility index (Phi) is 9.51. The summed E-state index contributed by atoms with van der Waals surface area (Å²) in [4.78, 5) is 31.8. The number of aliphatic hydroxyl groups is 1. The number of methoxy groups -OCH3 is 2. The molecule has 2 fully saturated rings. The summed E-state index contributed by atoms with van der Waals surface area (Å²) in [5.74, 6) is 1.37. The lowest BCUT2D eigenvalue weighted by atomic mass is 9.82. The van der Waals surface area contributed by atoms with Gasteiger partial charge in [-0.15, -0.1) is 0 Å². The van der Waals surface area contributed by atoms with E-state index >= 15 is 0 Å². The third kappa shape index (κ3) is 5.87. The van der Waals surface area contributed by atoms with Crippen LogP contribution in [0.5, 0.6) is 11.5 Å². The molecule has 47 heavy (non-hydrogen) atoms. The van der Waals surface area contributed by atoms with Crippen molar-refractivity contribution in [2.75, 3.05) is 37.2 Å². The highest BCUT2D eigenvalue weighted by molar-refractivity contribution is 6.91.